The molecule has 1 atom stereocenters. The van der Waals surface area contributed by atoms with Crippen molar-refractivity contribution in [2.24, 2.45) is 17.3 Å². The molecule has 4 fully saturated rings. The number of amides is 5. The summed E-state index contributed by atoms with van der Waals surface area (Å²) >= 11 is 0. The Kier molecular flexibility index (Phi) is 12.9. The third kappa shape index (κ3) is 9.80. The number of hydrogen-bond acceptors (Lipinski definition) is 11. The standard InChI is InChI=1S/C53H57FN8O7/c1-68-47-30-40-43(55-22-15-46(40)69-38-11-9-37(10-12-38)58-52(67)53(20-21-53)51(66)57-36-7-5-35(54)6-8-36)31-45(47)61-26-18-34(19-27-61)29-33-16-24-60(25-17-33)28-23-56-42-4-2-3-39-41(42)32-62(50(39)65)44-13-14-48(63)59-49(44)64/h2-12,15,22,30-31,33-34,44,56H,13-14,16-21,23-29,32H2,1H3,(H,57,66)(H,58,67)(H,59,63,64). The second-order valence-electron chi connectivity index (χ2n) is 19.1. The number of carbonyl (C=O) groups excluding carboxylic acids is 5. The van der Waals surface area contributed by atoms with Crippen molar-refractivity contribution in [2.75, 3.05) is 67.2 Å². The topological polar surface area (TPSA) is 175 Å². The Hall–Kier alpha value is -7.07. The molecule has 5 heterocycles. The molecule has 16 heteroatoms. The maximum absolute atomic E-state index is 13.3. The van der Waals surface area contributed by atoms with E-state index in [9.17, 15) is 28.4 Å². The largest absolute Gasteiger partial charge is 0.495 e. The lowest BCUT2D eigenvalue weighted by molar-refractivity contribution is -0.137. The van der Waals surface area contributed by atoms with Crippen LogP contribution in [0.5, 0.6) is 17.2 Å². The van der Waals surface area contributed by atoms with E-state index in [1.54, 1.807) is 42.5 Å². The van der Waals surface area contributed by atoms with Crippen LogP contribution in [0.15, 0.2) is 91.1 Å². The van der Waals surface area contributed by atoms with Gasteiger partial charge in [-0.1, -0.05) is 6.07 Å². The lowest BCUT2D eigenvalue weighted by Gasteiger charge is -2.38. The Labute approximate surface area is 400 Å². The number of nitrogens with zero attached hydrogens (tertiary/aromatic N) is 4. The van der Waals surface area contributed by atoms with E-state index >= 15 is 0 Å². The molecule has 15 nitrogen and oxygen atoms in total. The normalized spacial score (nSPS) is 19.5. The van der Waals surface area contributed by atoms with Crippen molar-refractivity contribution in [1.29, 1.82) is 0 Å². The molecule has 69 heavy (non-hydrogen) atoms. The van der Waals surface area contributed by atoms with E-state index in [0.29, 0.717) is 66.1 Å². The first-order valence-corrected chi connectivity index (χ1v) is 24.1. The van der Waals surface area contributed by atoms with Gasteiger partial charge in [0.15, 0.2) is 0 Å². The van der Waals surface area contributed by atoms with E-state index in [1.807, 2.05) is 30.3 Å². The molecule has 4 aromatic carbocycles. The Morgan fingerprint density at radius 3 is 2.17 bits per heavy atom. The number of imide groups is 1. The molecule has 1 saturated carbocycles. The van der Waals surface area contributed by atoms with Crippen molar-refractivity contribution in [3.8, 4) is 17.2 Å². The fraction of sp³-hybridized carbons (Fsp3) is 0.396. The van der Waals surface area contributed by atoms with Crippen molar-refractivity contribution in [2.45, 2.75) is 70.4 Å². The summed E-state index contributed by atoms with van der Waals surface area (Å²) in [4.78, 5) is 75.0. The van der Waals surface area contributed by atoms with E-state index in [0.717, 1.165) is 85.7 Å². The highest BCUT2D eigenvalue weighted by molar-refractivity contribution is 6.17. The van der Waals surface area contributed by atoms with E-state index in [1.165, 1.54) is 43.5 Å². The highest BCUT2D eigenvalue weighted by Gasteiger charge is 2.56. The van der Waals surface area contributed by atoms with Gasteiger partial charge in [-0.25, -0.2) is 4.39 Å². The van der Waals surface area contributed by atoms with E-state index in [2.05, 4.69) is 37.1 Å². The first-order valence-electron chi connectivity index (χ1n) is 24.1. The summed E-state index contributed by atoms with van der Waals surface area (Å²) in [6, 6.07) is 23.4. The molecule has 358 valence electrons. The van der Waals surface area contributed by atoms with Gasteiger partial charge in [0.05, 0.1) is 18.3 Å². The summed E-state index contributed by atoms with van der Waals surface area (Å²) in [5.41, 5.74) is 4.08. The van der Waals surface area contributed by atoms with Crippen LogP contribution < -0.4 is 35.6 Å². The monoisotopic (exact) mass is 936 g/mol. The van der Waals surface area contributed by atoms with Crippen LogP contribution in [0.25, 0.3) is 10.9 Å². The molecule has 0 radical (unpaired) electrons. The minimum atomic E-state index is -1.17. The van der Waals surface area contributed by atoms with Crippen molar-refractivity contribution in [3.05, 3.63) is 108 Å². The zero-order chi connectivity index (χ0) is 47.6. The van der Waals surface area contributed by atoms with E-state index in [4.69, 9.17) is 14.5 Å². The van der Waals surface area contributed by atoms with Crippen molar-refractivity contribution in [1.82, 2.24) is 20.1 Å². The number of hydrogen-bond donors (Lipinski definition) is 4. The van der Waals surface area contributed by atoms with Gasteiger partial charge in [-0.15, -0.1) is 0 Å². The van der Waals surface area contributed by atoms with Crippen molar-refractivity contribution >= 4 is 63.2 Å². The maximum atomic E-state index is 13.3. The van der Waals surface area contributed by atoms with Gasteiger partial charge in [0, 0.05) is 78.9 Å². The van der Waals surface area contributed by atoms with E-state index in [-0.39, 0.29) is 24.1 Å². The summed E-state index contributed by atoms with van der Waals surface area (Å²) in [6.07, 6.45) is 9.04. The predicted molar refractivity (Wildman–Crippen MR) is 260 cm³/mol. The van der Waals surface area contributed by atoms with Crippen LogP contribution in [0.4, 0.5) is 27.1 Å². The molecule has 0 bridgehead atoms. The smallest absolute Gasteiger partial charge is 0.255 e. The van der Waals surface area contributed by atoms with Gasteiger partial charge in [-0.3, -0.25) is 34.3 Å². The summed E-state index contributed by atoms with van der Waals surface area (Å²) < 4.78 is 25.6. The molecule has 0 spiro atoms. The molecule has 3 saturated heterocycles. The minimum absolute atomic E-state index is 0.157. The third-order valence-corrected chi connectivity index (χ3v) is 14.7. The van der Waals surface area contributed by atoms with Crippen LogP contribution in [0.2, 0.25) is 0 Å². The molecular formula is C53H57FN8O7. The van der Waals surface area contributed by atoms with Crippen LogP contribution in [0.1, 0.15) is 73.7 Å². The number of halogens is 1. The van der Waals surface area contributed by atoms with Gasteiger partial charge in [0.1, 0.15) is 34.5 Å². The zero-order valence-corrected chi connectivity index (χ0v) is 38.7. The van der Waals surface area contributed by atoms with Crippen molar-refractivity contribution < 1.29 is 37.8 Å². The molecule has 1 aliphatic carbocycles. The second kappa shape index (κ2) is 19.5. The summed E-state index contributed by atoms with van der Waals surface area (Å²) in [5, 5.41) is 12.4. The number of fused-ring (bicyclic) bond motifs is 2. The van der Waals surface area contributed by atoms with Crippen LogP contribution in [0.3, 0.4) is 0 Å². The fourth-order valence-corrected chi connectivity index (χ4v) is 10.5. The number of methoxy groups -OCH3 is 1. The SMILES string of the molecule is COc1cc2c(Oc3ccc(NC(=O)C4(C(=O)Nc5ccc(F)cc5)CC4)cc3)ccnc2cc1N1CCC(CC2CCN(CCNc3cccc4c3CN(C3CCC(=O)NC3=O)C4=O)CC2)CC1. The number of pyridine rings is 1. The Bertz CT molecular complexity index is 2770. The molecule has 1 unspecified atom stereocenters. The predicted octanol–water partition coefficient (Wildman–Crippen LogP) is 7.72. The first-order chi connectivity index (χ1) is 33.5. The zero-order valence-electron chi connectivity index (χ0n) is 38.7. The molecule has 4 N–H and O–H groups in total. The van der Waals surface area contributed by atoms with Crippen LogP contribution >= 0.6 is 0 Å². The highest BCUT2D eigenvalue weighted by Crippen LogP contribution is 2.48. The molecule has 5 aliphatic rings. The summed E-state index contributed by atoms with van der Waals surface area (Å²) in [6.45, 7) is 6.06. The minimum Gasteiger partial charge on any atom is -0.495 e. The molecule has 1 aromatic heterocycles. The Balaban J connectivity index is 0.677. The van der Waals surface area contributed by atoms with Gasteiger partial charge in [-0.2, -0.15) is 0 Å². The number of rotatable bonds is 15. The number of aromatic nitrogens is 1. The van der Waals surface area contributed by atoms with Gasteiger partial charge in [-0.05, 0) is 155 Å². The number of carbonyl (C=O) groups is 5. The molecule has 5 aromatic rings. The van der Waals surface area contributed by atoms with Crippen LogP contribution in [0, 0.1) is 23.1 Å². The van der Waals surface area contributed by atoms with Gasteiger partial charge < -0.3 is 40.1 Å². The Morgan fingerprint density at radius 1 is 0.826 bits per heavy atom. The van der Waals surface area contributed by atoms with Gasteiger partial charge in [0.25, 0.3) is 5.91 Å². The molecule has 5 amide bonds. The highest BCUT2D eigenvalue weighted by atomic mass is 19.1. The summed E-state index contributed by atoms with van der Waals surface area (Å²) in [5.74, 6) is 1.28. The maximum Gasteiger partial charge on any atom is 0.255 e. The Morgan fingerprint density at radius 2 is 1.51 bits per heavy atom. The summed E-state index contributed by atoms with van der Waals surface area (Å²) in [7, 11) is 1.69. The van der Waals surface area contributed by atoms with Crippen LogP contribution in [-0.4, -0.2) is 96.7 Å². The lowest BCUT2D eigenvalue weighted by atomic mass is 9.82. The second-order valence-corrected chi connectivity index (χ2v) is 19.1. The quantitative estimate of drug-likeness (QED) is 0.0598. The molecule has 10 rings (SSSR count). The van der Waals surface area contributed by atoms with E-state index < -0.39 is 29.1 Å². The number of piperidine rings is 3. The number of nitrogens with one attached hydrogen (secondary N) is 4. The first kappa shape index (κ1) is 45.7. The van der Waals surface area contributed by atoms with Gasteiger partial charge >= 0.3 is 0 Å². The fourth-order valence-electron chi connectivity index (χ4n) is 10.5. The number of ether oxygens (including phenoxy) is 2. The molecular weight excluding hydrogens is 880 g/mol. The number of anilines is 4. The average Bonchev–Trinajstić information content (AvgIpc) is 4.12. The third-order valence-electron chi connectivity index (χ3n) is 14.7. The van der Waals surface area contributed by atoms with Crippen molar-refractivity contribution in [3.63, 3.8) is 0 Å². The number of benzene rings is 4. The molecule has 4 aliphatic heterocycles. The van der Waals surface area contributed by atoms with Crippen LogP contribution in [-0.2, 0) is 25.7 Å². The van der Waals surface area contributed by atoms with Gasteiger partial charge in [0.2, 0.25) is 23.6 Å². The average molecular weight is 937 g/mol. The lowest BCUT2D eigenvalue weighted by Crippen LogP contribution is -2.52. The number of likely N-dealkylation sites (tertiary alicyclic amines) is 1.